The van der Waals surface area contributed by atoms with Gasteiger partial charge in [-0.2, -0.15) is 0 Å². The number of benzene rings is 1. The molecule has 0 heterocycles. The summed E-state index contributed by atoms with van der Waals surface area (Å²) in [5.41, 5.74) is 8.15. The van der Waals surface area contributed by atoms with Gasteiger partial charge in [0.25, 0.3) is 0 Å². The minimum absolute atomic E-state index is 0.126. The molecule has 1 fully saturated rings. The summed E-state index contributed by atoms with van der Waals surface area (Å²) in [5, 5.41) is 0. The molecular formula is C15H19NO3. The van der Waals surface area contributed by atoms with E-state index < -0.39 is 6.04 Å². The number of hydrogen-bond acceptors (Lipinski definition) is 4. The van der Waals surface area contributed by atoms with Gasteiger partial charge in [0.15, 0.2) is 0 Å². The molecule has 2 rings (SSSR count). The van der Waals surface area contributed by atoms with Gasteiger partial charge in [0.2, 0.25) is 0 Å². The van der Waals surface area contributed by atoms with Crippen LogP contribution in [0, 0.1) is 5.92 Å². The van der Waals surface area contributed by atoms with Crippen LogP contribution in [0.3, 0.4) is 0 Å². The molecule has 1 aromatic rings. The summed E-state index contributed by atoms with van der Waals surface area (Å²) in [6, 6.07) is 7.25. The van der Waals surface area contributed by atoms with Gasteiger partial charge in [0.05, 0.1) is 13.7 Å². The highest BCUT2D eigenvalue weighted by Crippen LogP contribution is 2.41. The maximum atomic E-state index is 11.5. The van der Waals surface area contributed by atoms with Crippen molar-refractivity contribution in [2.75, 3.05) is 13.7 Å². The van der Waals surface area contributed by atoms with Crippen molar-refractivity contribution in [3.05, 3.63) is 35.4 Å². The van der Waals surface area contributed by atoms with E-state index in [-0.39, 0.29) is 11.9 Å². The molecule has 0 bridgehead atoms. The minimum Gasteiger partial charge on any atom is -0.497 e. The van der Waals surface area contributed by atoms with Gasteiger partial charge in [0.1, 0.15) is 11.8 Å². The maximum Gasteiger partial charge on any atom is 0.323 e. The van der Waals surface area contributed by atoms with Crippen molar-refractivity contribution < 1.29 is 14.3 Å². The zero-order valence-electron chi connectivity index (χ0n) is 11.3. The molecule has 2 N–H and O–H groups in total. The highest BCUT2D eigenvalue weighted by Gasteiger charge is 2.39. The van der Waals surface area contributed by atoms with Gasteiger partial charge in [-0.3, -0.25) is 4.79 Å². The van der Waals surface area contributed by atoms with E-state index in [0.717, 1.165) is 17.7 Å². The van der Waals surface area contributed by atoms with E-state index in [2.05, 4.69) is 6.08 Å². The zero-order chi connectivity index (χ0) is 13.8. The minimum atomic E-state index is -0.538. The topological polar surface area (TPSA) is 61.5 Å². The Morgan fingerprint density at radius 1 is 1.47 bits per heavy atom. The predicted molar refractivity (Wildman–Crippen MR) is 73.7 cm³/mol. The predicted octanol–water partition coefficient (Wildman–Crippen LogP) is 1.99. The van der Waals surface area contributed by atoms with E-state index in [1.165, 1.54) is 5.57 Å². The summed E-state index contributed by atoms with van der Waals surface area (Å²) >= 11 is 0. The van der Waals surface area contributed by atoms with Crippen LogP contribution in [0.15, 0.2) is 29.8 Å². The fourth-order valence-corrected chi connectivity index (χ4v) is 2.04. The molecule has 0 radical (unpaired) electrons. The van der Waals surface area contributed by atoms with Gasteiger partial charge in [-0.15, -0.1) is 0 Å². The van der Waals surface area contributed by atoms with Crippen molar-refractivity contribution in [2.24, 2.45) is 11.7 Å². The normalized spacial score (nSPS) is 21.0. The SMILES string of the molecule is CCOC(=O)C(N)C1C/C1=C/c1ccc(OC)cc1. The summed E-state index contributed by atoms with van der Waals surface area (Å²) < 4.78 is 10.0. The second-order valence-corrected chi connectivity index (χ2v) is 4.58. The Morgan fingerprint density at radius 2 is 2.16 bits per heavy atom. The lowest BCUT2D eigenvalue weighted by atomic mass is 10.1. The third-order valence-electron chi connectivity index (χ3n) is 3.23. The van der Waals surface area contributed by atoms with E-state index in [4.69, 9.17) is 15.2 Å². The number of esters is 1. The van der Waals surface area contributed by atoms with Gasteiger partial charge in [-0.1, -0.05) is 23.8 Å². The highest BCUT2D eigenvalue weighted by atomic mass is 16.5. The molecule has 4 heteroatoms. The van der Waals surface area contributed by atoms with E-state index in [1.54, 1.807) is 14.0 Å². The molecule has 102 valence electrons. The van der Waals surface area contributed by atoms with Gasteiger partial charge in [0, 0.05) is 5.92 Å². The standard InChI is InChI=1S/C15H19NO3/c1-3-19-15(17)14(16)13-9-11(13)8-10-4-6-12(18-2)7-5-10/h4-8,13-14H,3,9,16H2,1-2H3/b11-8-. The highest BCUT2D eigenvalue weighted by molar-refractivity contribution is 5.78. The van der Waals surface area contributed by atoms with Crippen LogP contribution in [0.4, 0.5) is 0 Å². The first kappa shape index (κ1) is 13.6. The number of rotatable bonds is 5. The number of nitrogens with two attached hydrogens (primary N) is 1. The van der Waals surface area contributed by atoms with Crippen LogP contribution in [0.5, 0.6) is 5.75 Å². The lowest BCUT2D eigenvalue weighted by Gasteiger charge is -2.07. The first-order valence-corrected chi connectivity index (χ1v) is 6.42. The summed E-state index contributed by atoms with van der Waals surface area (Å²) in [5.74, 6) is 0.643. The van der Waals surface area contributed by atoms with Gasteiger partial charge < -0.3 is 15.2 Å². The molecule has 19 heavy (non-hydrogen) atoms. The number of carbonyl (C=O) groups excluding carboxylic acids is 1. The Bertz CT molecular complexity index is 479. The van der Waals surface area contributed by atoms with Crippen molar-refractivity contribution in [2.45, 2.75) is 19.4 Å². The monoisotopic (exact) mass is 261 g/mol. The summed E-state index contributed by atoms with van der Waals surface area (Å²) in [4.78, 5) is 11.5. The Hall–Kier alpha value is -1.81. The second-order valence-electron chi connectivity index (χ2n) is 4.58. The molecule has 1 aliphatic carbocycles. The Kier molecular flexibility index (Phi) is 4.22. The van der Waals surface area contributed by atoms with Crippen LogP contribution in [0.1, 0.15) is 18.9 Å². The molecule has 2 atom stereocenters. The first-order chi connectivity index (χ1) is 9.15. The van der Waals surface area contributed by atoms with E-state index in [9.17, 15) is 4.79 Å². The van der Waals surface area contributed by atoms with Crippen molar-refractivity contribution in [1.82, 2.24) is 0 Å². The molecular weight excluding hydrogens is 242 g/mol. The van der Waals surface area contributed by atoms with Crippen molar-refractivity contribution >= 4 is 12.0 Å². The summed E-state index contributed by atoms with van der Waals surface area (Å²) in [6.45, 7) is 2.16. The molecule has 0 aromatic heterocycles. The molecule has 1 aliphatic rings. The second kappa shape index (κ2) is 5.89. The Balaban J connectivity index is 1.97. The van der Waals surface area contributed by atoms with E-state index in [1.807, 2.05) is 24.3 Å². The number of methoxy groups -OCH3 is 1. The lowest BCUT2D eigenvalue weighted by molar-refractivity contribution is -0.145. The average molecular weight is 261 g/mol. The van der Waals surface area contributed by atoms with Crippen molar-refractivity contribution in [1.29, 1.82) is 0 Å². The van der Waals surface area contributed by atoms with Crippen LogP contribution in [-0.2, 0) is 9.53 Å². The van der Waals surface area contributed by atoms with Crippen LogP contribution in [0.25, 0.3) is 6.08 Å². The zero-order valence-corrected chi connectivity index (χ0v) is 11.3. The molecule has 1 saturated carbocycles. The molecule has 2 unspecified atom stereocenters. The Labute approximate surface area is 113 Å². The quantitative estimate of drug-likeness (QED) is 0.823. The molecule has 0 spiro atoms. The molecule has 0 aliphatic heterocycles. The van der Waals surface area contributed by atoms with Crippen molar-refractivity contribution in [3.8, 4) is 5.75 Å². The lowest BCUT2D eigenvalue weighted by Crippen LogP contribution is -2.34. The van der Waals surface area contributed by atoms with E-state index in [0.29, 0.717) is 6.61 Å². The Morgan fingerprint density at radius 3 is 2.74 bits per heavy atom. The van der Waals surface area contributed by atoms with Gasteiger partial charge in [-0.25, -0.2) is 0 Å². The number of hydrogen-bond donors (Lipinski definition) is 1. The fourth-order valence-electron chi connectivity index (χ4n) is 2.04. The number of ether oxygens (including phenoxy) is 2. The smallest absolute Gasteiger partial charge is 0.323 e. The molecule has 0 saturated heterocycles. The van der Waals surface area contributed by atoms with Crippen LogP contribution in [0.2, 0.25) is 0 Å². The summed E-state index contributed by atoms with van der Waals surface area (Å²) in [7, 11) is 1.64. The number of carbonyl (C=O) groups is 1. The maximum absolute atomic E-state index is 11.5. The van der Waals surface area contributed by atoms with Gasteiger partial charge in [-0.05, 0) is 31.0 Å². The fraction of sp³-hybridized carbons (Fsp3) is 0.400. The van der Waals surface area contributed by atoms with Crippen LogP contribution < -0.4 is 10.5 Å². The molecule has 4 nitrogen and oxygen atoms in total. The molecule has 0 amide bonds. The average Bonchev–Trinajstić information content (AvgIpc) is 3.18. The van der Waals surface area contributed by atoms with Crippen LogP contribution >= 0.6 is 0 Å². The largest absolute Gasteiger partial charge is 0.497 e. The third kappa shape index (κ3) is 3.35. The van der Waals surface area contributed by atoms with Gasteiger partial charge >= 0.3 is 5.97 Å². The summed E-state index contributed by atoms with van der Waals surface area (Å²) in [6.07, 6.45) is 2.94. The van der Waals surface area contributed by atoms with Crippen LogP contribution in [-0.4, -0.2) is 25.7 Å². The van der Waals surface area contributed by atoms with Crippen molar-refractivity contribution in [3.63, 3.8) is 0 Å². The third-order valence-corrected chi connectivity index (χ3v) is 3.23. The first-order valence-electron chi connectivity index (χ1n) is 6.42. The molecule has 1 aromatic carbocycles. The van der Waals surface area contributed by atoms with E-state index >= 15 is 0 Å².